The first-order valence-electron chi connectivity index (χ1n) is 26.1. The number of imide groups is 1. The molecular weight excluding hydrogens is 954 g/mol. The maximum atomic E-state index is 16.6. The Morgan fingerprint density at radius 1 is 0.959 bits per heavy atom. The molecule has 73 heavy (non-hydrogen) atoms. The van der Waals surface area contributed by atoms with Gasteiger partial charge in [0.1, 0.15) is 18.2 Å². The fourth-order valence-corrected chi connectivity index (χ4v) is 13.9. The van der Waals surface area contributed by atoms with Crippen molar-refractivity contribution in [1.29, 1.82) is 0 Å². The Hall–Kier alpha value is -5.65. The van der Waals surface area contributed by atoms with E-state index in [2.05, 4.69) is 43.7 Å². The molecule has 4 aliphatic heterocycles. The van der Waals surface area contributed by atoms with Gasteiger partial charge >= 0.3 is 6.03 Å². The number of halogens is 3. The van der Waals surface area contributed by atoms with Gasteiger partial charge in [-0.2, -0.15) is 5.10 Å². The molecule has 5 N–H and O–H groups in total. The maximum absolute atomic E-state index is 16.6. The highest BCUT2D eigenvalue weighted by molar-refractivity contribution is 6.34. The fourth-order valence-electron chi connectivity index (χ4n) is 13.7. The van der Waals surface area contributed by atoms with Gasteiger partial charge in [0.15, 0.2) is 23.0 Å². The normalized spacial score (nSPS) is 25.9. The molecule has 0 spiro atoms. The van der Waals surface area contributed by atoms with Crippen molar-refractivity contribution >= 4 is 46.2 Å². The van der Waals surface area contributed by atoms with Crippen molar-refractivity contribution in [3.8, 4) is 22.6 Å². The third-order valence-corrected chi connectivity index (χ3v) is 18.0. The molecule has 5 heterocycles. The summed E-state index contributed by atoms with van der Waals surface area (Å²) >= 11 is 6.79. The average Bonchev–Trinajstić information content (AvgIpc) is 4.12. The van der Waals surface area contributed by atoms with Gasteiger partial charge in [-0.3, -0.25) is 24.5 Å². The van der Waals surface area contributed by atoms with Crippen LogP contribution in [0.25, 0.3) is 22.0 Å². The van der Waals surface area contributed by atoms with E-state index in [1.807, 2.05) is 49.0 Å². The third kappa shape index (κ3) is 9.04. The molecule has 386 valence electrons. The van der Waals surface area contributed by atoms with Crippen molar-refractivity contribution in [2.24, 2.45) is 24.1 Å². The molecular formula is C56H65ClF2N8O6. The second-order valence-electron chi connectivity index (χ2n) is 21.9. The van der Waals surface area contributed by atoms with Crippen LogP contribution in [-0.2, 0) is 17.4 Å². The van der Waals surface area contributed by atoms with Crippen molar-refractivity contribution < 1.29 is 37.7 Å². The van der Waals surface area contributed by atoms with E-state index < -0.39 is 35.1 Å². The molecule has 14 nitrogen and oxygen atoms in total. The van der Waals surface area contributed by atoms with E-state index in [0.29, 0.717) is 36.3 Å². The van der Waals surface area contributed by atoms with E-state index in [1.165, 1.54) is 36.6 Å². The van der Waals surface area contributed by atoms with Gasteiger partial charge in [0.05, 0.1) is 22.7 Å². The molecule has 2 saturated carbocycles. The van der Waals surface area contributed by atoms with Crippen molar-refractivity contribution in [2.75, 3.05) is 70.5 Å². The summed E-state index contributed by atoms with van der Waals surface area (Å²) in [7, 11) is 1.91. The van der Waals surface area contributed by atoms with Gasteiger partial charge < -0.3 is 35.4 Å². The summed E-state index contributed by atoms with van der Waals surface area (Å²) in [5.41, 5.74) is 8.10. The number of nitrogens with zero attached hydrogens (tertiary/aromatic N) is 5. The lowest BCUT2D eigenvalue weighted by Crippen LogP contribution is -2.51. The number of nitrogens with two attached hydrogens (primary N) is 1. The van der Waals surface area contributed by atoms with Gasteiger partial charge in [0.2, 0.25) is 11.8 Å². The molecule has 5 fully saturated rings. The molecule has 5 aromatic rings. The number of carbonyl (C=O) groups excluding carboxylic acids is 3. The number of ether oxygens (including phenoxy) is 2. The number of piperidine rings is 2. The van der Waals surface area contributed by atoms with Crippen molar-refractivity contribution in [3.63, 3.8) is 0 Å². The number of likely N-dealkylation sites (tertiary alicyclic amines) is 2. The van der Waals surface area contributed by atoms with Crippen molar-refractivity contribution in [3.05, 3.63) is 106 Å². The molecule has 0 radical (unpaired) electrons. The fraction of sp³-hybridized carbons (Fsp3) is 0.500. The van der Waals surface area contributed by atoms with Crippen LogP contribution in [0.5, 0.6) is 11.5 Å². The Balaban J connectivity index is 0.718. The van der Waals surface area contributed by atoms with E-state index in [-0.39, 0.29) is 69.7 Å². The lowest BCUT2D eigenvalue weighted by atomic mass is 9.77. The quantitative estimate of drug-likeness (QED) is 0.0801. The van der Waals surface area contributed by atoms with E-state index in [9.17, 15) is 19.5 Å². The highest BCUT2D eigenvalue weighted by atomic mass is 35.5. The Morgan fingerprint density at radius 2 is 1.70 bits per heavy atom. The minimum atomic E-state index is -1.04. The van der Waals surface area contributed by atoms with E-state index in [4.69, 9.17) is 26.8 Å². The minimum Gasteiger partial charge on any atom is -0.488 e. The number of aliphatic hydroxyl groups excluding tert-OH is 1. The predicted molar refractivity (Wildman–Crippen MR) is 275 cm³/mol. The summed E-state index contributed by atoms with van der Waals surface area (Å²) < 4.78 is 46.9. The number of hydrogen-bond donors (Lipinski definition) is 4. The zero-order chi connectivity index (χ0) is 50.8. The Morgan fingerprint density at radius 3 is 2.41 bits per heavy atom. The largest absolute Gasteiger partial charge is 0.488 e. The van der Waals surface area contributed by atoms with E-state index in [0.717, 1.165) is 101 Å². The molecule has 1 aromatic heterocycles. The number of primary amides is 1. The molecule has 4 aromatic carbocycles. The number of rotatable bonds is 15. The summed E-state index contributed by atoms with van der Waals surface area (Å²) in [6.07, 6.45) is 10.3. The van der Waals surface area contributed by atoms with Crippen LogP contribution in [0.3, 0.4) is 0 Å². The third-order valence-electron chi connectivity index (χ3n) is 17.6. The number of amides is 4. The molecule has 2 atom stereocenters. The maximum Gasteiger partial charge on any atom is 0.329 e. The van der Waals surface area contributed by atoms with Crippen molar-refractivity contribution in [1.82, 2.24) is 30.2 Å². The van der Waals surface area contributed by atoms with Crippen LogP contribution in [-0.4, -0.2) is 114 Å². The van der Waals surface area contributed by atoms with Crippen LogP contribution in [0.1, 0.15) is 110 Å². The predicted octanol–water partition coefficient (Wildman–Crippen LogP) is 8.36. The van der Waals surface area contributed by atoms with Crippen LogP contribution in [0.15, 0.2) is 66.7 Å². The SMILES string of the molecule is C[C@H]1c2c(cc(F)c(Cl)c2-c2c(C(N)=O)ccc(OCCO)c2F)O[C@]1(CNC12CCC(CN3CCC(CN4CCC(c5ccc6c(N7CCC(=O)NC7=O)nn(C)c6c5)CC4)CC3)(CC1)C2)c1ccccc1. The zero-order valence-electron chi connectivity index (χ0n) is 41.7. The molecule has 0 unspecified atom stereocenters. The number of aryl methyl sites for hydroxylation is 1. The van der Waals surface area contributed by atoms with E-state index in [1.54, 1.807) is 4.90 Å². The number of urea groups is 1. The molecule has 17 heteroatoms. The number of fused-ring (bicyclic) bond motifs is 4. The number of hydrogen-bond acceptors (Lipinski definition) is 10. The smallest absolute Gasteiger partial charge is 0.329 e. The number of nitrogens with one attached hydrogen (secondary N) is 2. The molecule has 2 bridgehead atoms. The number of anilines is 1. The minimum absolute atomic E-state index is 0.00500. The van der Waals surface area contributed by atoms with Gasteiger partial charge in [0, 0.05) is 79.2 Å². The van der Waals surface area contributed by atoms with Crippen LogP contribution in [0.4, 0.5) is 19.4 Å². The average molecular weight is 1020 g/mol. The first-order chi connectivity index (χ1) is 35.2. The van der Waals surface area contributed by atoms with Gasteiger partial charge in [0.25, 0.3) is 0 Å². The monoisotopic (exact) mass is 1020 g/mol. The van der Waals surface area contributed by atoms with Gasteiger partial charge in [-0.05, 0) is 137 Å². The molecule has 11 rings (SSSR count). The molecule has 6 aliphatic rings. The van der Waals surface area contributed by atoms with Gasteiger partial charge in [-0.1, -0.05) is 54.9 Å². The Bertz CT molecular complexity index is 2950. The lowest BCUT2D eigenvalue weighted by Gasteiger charge is -2.40. The summed E-state index contributed by atoms with van der Waals surface area (Å²) in [5, 5.41) is 21.1. The topological polar surface area (TPSA) is 168 Å². The zero-order valence-corrected chi connectivity index (χ0v) is 42.4. The van der Waals surface area contributed by atoms with Gasteiger partial charge in [-0.15, -0.1) is 0 Å². The summed E-state index contributed by atoms with van der Waals surface area (Å²) in [6.45, 7) is 8.78. The summed E-state index contributed by atoms with van der Waals surface area (Å²) in [4.78, 5) is 44.2. The summed E-state index contributed by atoms with van der Waals surface area (Å²) in [6, 6.07) is 19.8. The first kappa shape index (κ1) is 49.6. The highest BCUT2D eigenvalue weighted by Gasteiger charge is 2.57. The number of benzene rings is 4. The van der Waals surface area contributed by atoms with Gasteiger partial charge in [-0.25, -0.2) is 13.6 Å². The highest BCUT2D eigenvalue weighted by Crippen LogP contribution is 2.60. The van der Waals surface area contributed by atoms with Crippen LogP contribution in [0, 0.1) is 23.0 Å². The van der Waals surface area contributed by atoms with Crippen LogP contribution in [0.2, 0.25) is 5.02 Å². The standard InChI is InChI=1S/C56H65ClF2N8O6/c1-34-46-44(29-41(58)49(57)48(46)47-40(51(60)70)10-11-43(50(47)59)72-27-26-68)73-56(34,38-6-4-3-5-7-38)32-61-55-19-17-54(31-55,18-20-55)33-66-21-12-35(13-22-66)30-65-23-14-36(15-24-65)37-8-9-39-42(28-37)64(2)63-52(39)67-25-16-45(69)62-53(67)71/h3-11,28-29,34-36,61,68H,12-27,30-33H2,1-2H3,(H2,60,70)(H,62,69,71)/t34-,54?,55?,56-/m0/s1. The lowest BCUT2D eigenvalue weighted by molar-refractivity contribution is -0.120. The molecule has 2 aliphatic carbocycles. The Labute approximate surface area is 429 Å². The molecule has 4 amide bonds. The number of carbonyl (C=O) groups is 3. The first-order valence-corrected chi connectivity index (χ1v) is 26.5. The summed E-state index contributed by atoms with van der Waals surface area (Å²) in [5.74, 6) is -1.68. The van der Waals surface area contributed by atoms with Crippen LogP contribution < -0.4 is 30.7 Å². The second kappa shape index (κ2) is 19.6. The molecule has 3 saturated heterocycles. The van der Waals surface area contributed by atoms with Crippen LogP contribution >= 0.6 is 11.6 Å². The van der Waals surface area contributed by atoms with E-state index >= 15 is 8.78 Å². The van der Waals surface area contributed by atoms with Crippen molar-refractivity contribution in [2.45, 2.75) is 94.1 Å². The number of aromatic nitrogens is 2. The second-order valence-corrected chi connectivity index (χ2v) is 22.2. The number of aliphatic hydroxyl groups is 1. The Kier molecular flexibility index (Phi) is 13.3.